The van der Waals surface area contributed by atoms with E-state index in [0.29, 0.717) is 24.3 Å². The van der Waals surface area contributed by atoms with Crippen LogP contribution in [0.2, 0.25) is 5.02 Å². The van der Waals surface area contributed by atoms with Gasteiger partial charge in [0.05, 0.1) is 11.7 Å². The van der Waals surface area contributed by atoms with Gasteiger partial charge in [-0.15, -0.1) is 0 Å². The minimum Gasteiger partial charge on any atom is -0.506 e. The minimum absolute atomic E-state index is 0.00945. The van der Waals surface area contributed by atoms with E-state index >= 15 is 0 Å². The van der Waals surface area contributed by atoms with Crippen molar-refractivity contribution in [2.75, 3.05) is 32.9 Å². The number of alkyl halides is 1. The van der Waals surface area contributed by atoms with Gasteiger partial charge in [0.2, 0.25) is 0 Å². The third-order valence-corrected chi connectivity index (χ3v) is 6.86. The van der Waals surface area contributed by atoms with Gasteiger partial charge in [0.15, 0.2) is 0 Å². The molecule has 2 aliphatic heterocycles. The van der Waals surface area contributed by atoms with Crippen molar-refractivity contribution in [1.82, 2.24) is 4.90 Å². The molecule has 2 heterocycles. The Morgan fingerprint density at radius 3 is 2.49 bits per heavy atom. The zero-order valence-corrected chi connectivity index (χ0v) is 19.8. The third kappa shape index (κ3) is 5.29. The molecule has 4 nitrogen and oxygen atoms in total. The van der Waals surface area contributed by atoms with Crippen molar-refractivity contribution < 1.29 is 23.4 Å². The lowest BCUT2D eigenvalue weighted by atomic mass is 9.91. The van der Waals surface area contributed by atoms with Gasteiger partial charge in [0, 0.05) is 31.1 Å². The van der Waals surface area contributed by atoms with Crippen molar-refractivity contribution in [1.29, 1.82) is 0 Å². The first-order valence-corrected chi connectivity index (χ1v) is 12.0. The maximum absolute atomic E-state index is 13.4. The Bertz CT molecular complexity index is 1210. The topological polar surface area (TPSA) is 41.9 Å². The van der Waals surface area contributed by atoms with E-state index in [-0.39, 0.29) is 35.3 Å². The number of halogens is 3. The first-order valence-electron chi connectivity index (χ1n) is 11.6. The predicted molar refractivity (Wildman–Crippen MR) is 132 cm³/mol. The first-order chi connectivity index (χ1) is 17.0. The van der Waals surface area contributed by atoms with Gasteiger partial charge in [-0.3, -0.25) is 9.29 Å². The summed E-state index contributed by atoms with van der Waals surface area (Å²) in [5.74, 6) is 1.21. The molecule has 0 amide bonds. The molecule has 1 N–H and O–H groups in total. The van der Waals surface area contributed by atoms with Gasteiger partial charge < -0.3 is 14.6 Å². The lowest BCUT2D eigenvalue weighted by Gasteiger charge is -2.37. The van der Waals surface area contributed by atoms with Crippen molar-refractivity contribution in [2.45, 2.75) is 12.5 Å². The number of phenols is 1. The molecule has 3 aromatic carbocycles. The standard InChI is InChI=1S/C28H26ClF2NO3/c29-27-24-14-21(13-18-1-5-22(31)6-2-18)28(35-26(24)10-9-25(27)33)20-3-7-23(8-4-20)34-12-11-32-16-19(15-30)17-32/h1-10,14,19,28,33H,11-13,15-17H2. The summed E-state index contributed by atoms with van der Waals surface area (Å²) in [6, 6.07) is 17.3. The normalized spacial score (nSPS) is 17.8. The van der Waals surface area contributed by atoms with E-state index in [0.717, 1.165) is 42.1 Å². The number of hydrogen-bond donors (Lipinski definition) is 1. The Kier molecular flexibility index (Phi) is 6.93. The highest BCUT2D eigenvalue weighted by atomic mass is 35.5. The maximum atomic E-state index is 13.4. The van der Waals surface area contributed by atoms with Crippen LogP contribution in [0.15, 0.2) is 66.2 Å². The molecule has 1 saturated heterocycles. The molecule has 0 aliphatic carbocycles. The highest BCUT2D eigenvalue weighted by molar-refractivity contribution is 6.33. The Morgan fingerprint density at radius 2 is 1.77 bits per heavy atom. The summed E-state index contributed by atoms with van der Waals surface area (Å²) in [7, 11) is 0. The van der Waals surface area contributed by atoms with E-state index in [9.17, 15) is 13.9 Å². The Balaban J connectivity index is 1.33. The first kappa shape index (κ1) is 23.6. The number of fused-ring (bicyclic) bond motifs is 1. The van der Waals surface area contributed by atoms with Crippen LogP contribution in [-0.2, 0) is 6.42 Å². The molecular formula is C28H26ClF2NO3. The van der Waals surface area contributed by atoms with Crippen molar-refractivity contribution >= 4 is 17.7 Å². The third-order valence-electron chi connectivity index (χ3n) is 6.46. The van der Waals surface area contributed by atoms with Gasteiger partial charge >= 0.3 is 0 Å². The zero-order valence-electron chi connectivity index (χ0n) is 19.1. The summed E-state index contributed by atoms with van der Waals surface area (Å²) in [4.78, 5) is 2.18. The van der Waals surface area contributed by atoms with Crippen LogP contribution in [0.25, 0.3) is 6.08 Å². The summed E-state index contributed by atoms with van der Waals surface area (Å²) in [5, 5.41) is 10.3. The van der Waals surface area contributed by atoms with Crippen LogP contribution in [0.3, 0.4) is 0 Å². The summed E-state index contributed by atoms with van der Waals surface area (Å²) < 4.78 is 38.2. The maximum Gasteiger partial charge on any atom is 0.146 e. The van der Waals surface area contributed by atoms with E-state index in [1.54, 1.807) is 18.2 Å². The Labute approximate surface area is 208 Å². The van der Waals surface area contributed by atoms with Crippen LogP contribution in [0.1, 0.15) is 22.8 Å². The SMILES string of the molecule is Oc1ccc2c(c1Cl)C=C(Cc1ccc(F)cc1)C(c1ccc(OCCN3CC(CF)C3)cc1)O2. The summed E-state index contributed by atoms with van der Waals surface area (Å²) in [6.45, 7) is 2.66. The number of rotatable bonds is 8. The average molecular weight is 498 g/mol. The van der Waals surface area contributed by atoms with E-state index in [1.807, 2.05) is 30.3 Å². The number of ether oxygens (including phenoxy) is 2. The lowest BCUT2D eigenvalue weighted by molar-refractivity contribution is 0.0668. The van der Waals surface area contributed by atoms with E-state index in [1.165, 1.54) is 18.2 Å². The molecule has 1 fully saturated rings. The minimum atomic E-state index is -0.374. The number of benzene rings is 3. The largest absolute Gasteiger partial charge is 0.506 e. The fourth-order valence-electron chi connectivity index (χ4n) is 4.52. The molecule has 2 aliphatic rings. The van der Waals surface area contributed by atoms with Crippen LogP contribution >= 0.6 is 11.6 Å². The fraction of sp³-hybridized carbons (Fsp3) is 0.286. The number of likely N-dealkylation sites (tertiary alicyclic amines) is 1. The van der Waals surface area contributed by atoms with Gasteiger partial charge in [-0.05, 0) is 65.6 Å². The van der Waals surface area contributed by atoms with Crippen molar-refractivity contribution in [3.63, 3.8) is 0 Å². The average Bonchev–Trinajstić information content (AvgIpc) is 2.85. The quantitative estimate of drug-likeness (QED) is 0.401. The number of aromatic hydroxyl groups is 1. The van der Waals surface area contributed by atoms with Gasteiger partial charge in [0.25, 0.3) is 0 Å². The van der Waals surface area contributed by atoms with Crippen molar-refractivity contribution in [3.8, 4) is 17.2 Å². The molecular weight excluding hydrogens is 472 g/mol. The molecule has 182 valence electrons. The molecule has 0 radical (unpaired) electrons. The number of nitrogens with zero attached hydrogens (tertiary/aromatic N) is 1. The van der Waals surface area contributed by atoms with Gasteiger partial charge in [-0.2, -0.15) is 0 Å². The molecule has 0 aromatic heterocycles. The van der Waals surface area contributed by atoms with Crippen LogP contribution in [0.4, 0.5) is 8.78 Å². The van der Waals surface area contributed by atoms with Crippen LogP contribution in [-0.4, -0.2) is 42.9 Å². The molecule has 5 rings (SSSR count). The second kappa shape index (κ2) is 10.3. The molecule has 0 bridgehead atoms. The molecule has 7 heteroatoms. The molecule has 35 heavy (non-hydrogen) atoms. The predicted octanol–water partition coefficient (Wildman–Crippen LogP) is 6.22. The second-order valence-electron chi connectivity index (χ2n) is 9.03. The molecule has 1 atom stereocenters. The van der Waals surface area contributed by atoms with Gasteiger partial charge in [-0.25, -0.2) is 4.39 Å². The van der Waals surface area contributed by atoms with Crippen LogP contribution in [0.5, 0.6) is 17.2 Å². The summed E-state index contributed by atoms with van der Waals surface area (Å²) in [5.41, 5.74) is 3.44. The smallest absolute Gasteiger partial charge is 0.146 e. The van der Waals surface area contributed by atoms with Gasteiger partial charge in [-0.1, -0.05) is 35.9 Å². The highest BCUT2D eigenvalue weighted by Gasteiger charge is 2.28. The molecule has 0 spiro atoms. The molecule has 3 aromatic rings. The van der Waals surface area contributed by atoms with Crippen LogP contribution in [0, 0.1) is 11.7 Å². The monoisotopic (exact) mass is 497 g/mol. The molecule has 1 unspecified atom stereocenters. The lowest BCUT2D eigenvalue weighted by Crippen LogP contribution is -2.49. The highest BCUT2D eigenvalue weighted by Crippen LogP contribution is 2.44. The Morgan fingerprint density at radius 1 is 1.03 bits per heavy atom. The van der Waals surface area contributed by atoms with E-state index in [4.69, 9.17) is 21.1 Å². The van der Waals surface area contributed by atoms with Crippen molar-refractivity contribution in [3.05, 3.63) is 93.8 Å². The Hall–Kier alpha value is -3.09. The second-order valence-corrected chi connectivity index (χ2v) is 9.41. The molecule has 0 saturated carbocycles. The van der Waals surface area contributed by atoms with E-state index in [2.05, 4.69) is 4.90 Å². The summed E-state index contributed by atoms with van der Waals surface area (Å²) in [6.07, 6.45) is 2.10. The van der Waals surface area contributed by atoms with Gasteiger partial charge in [0.1, 0.15) is 35.8 Å². The fourth-order valence-corrected chi connectivity index (χ4v) is 4.73. The number of phenolic OH excluding ortho intramolecular Hbond substituents is 1. The van der Waals surface area contributed by atoms with Crippen LogP contribution < -0.4 is 9.47 Å². The van der Waals surface area contributed by atoms with E-state index < -0.39 is 0 Å². The number of hydrogen-bond acceptors (Lipinski definition) is 4. The summed E-state index contributed by atoms with van der Waals surface area (Å²) >= 11 is 6.35. The van der Waals surface area contributed by atoms with Crippen molar-refractivity contribution in [2.24, 2.45) is 5.92 Å². The zero-order chi connectivity index (χ0) is 24.4.